The fourth-order valence-corrected chi connectivity index (χ4v) is 4.37. The van der Waals surface area contributed by atoms with Gasteiger partial charge < -0.3 is 14.6 Å². The van der Waals surface area contributed by atoms with Crippen molar-refractivity contribution in [3.8, 4) is 0 Å². The number of hydrogen-bond donors (Lipinski definition) is 1. The summed E-state index contributed by atoms with van der Waals surface area (Å²) in [6, 6.07) is 14.0. The van der Waals surface area contributed by atoms with Crippen LogP contribution < -0.4 is 5.32 Å². The van der Waals surface area contributed by atoms with Crippen LogP contribution in [-0.4, -0.2) is 44.2 Å². The smallest absolute Gasteiger partial charge is 0.254 e. The first-order valence-corrected chi connectivity index (χ1v) is 11.3. The van der Waals surface area contributed by atoms with Gasteiger partial charge in [0.1, 0.15) is 5.82 Å². The molecular formula is C26H24FN5O2. The van der Waals surface area contributed by atoms with Gasteiger partial charge >= 0.3 is 0 Å². The normalized spacial score (nSPS) is 14.3. The highest BCUT2D eigenvalue weighted by Crippen LogP contribution is 2.29. The predicted octanol–water partition coefficient (Wildman–Crippen LogP) is 3.82. The zero-order valence-corrected chi connectivity index (χ0v) is 18.5. The highest BCUT2D eigenvalue weighted by atomic mass is 19.1. The van der Waals surface area contributed by atoms with Crippen LogP contribution in [0.3, 0.4) is 0 Å². The summed E-state index contributed by atoms with van der Waals surface area (Å²) in [7, 11) is 0. The number of halogens is 1. The Balaban J connectivity index is 1.19. The zero-order valence-electron chi connectivity index (χ0n) is 18.5. The molecule has 0 saturated carbocycles. The number of likely N-dealkylation sites (tertiary alicyclic amines) is 1. The van der Waals surface area contributed by atoms with Gasteiger partial charge in [-0.25, -0.2) is 9.37 Å². The molecule has 0 aliphatic carbocycles. The van der Waals surface area contributed by atoms with Crippen LogP contribution >= 0.6 is 0 Å². The summed E-state index contributed by atoms with van der Waals surface area (Å²) in [5.74, 6) is -0.855. The summed E-state index contributed by atoms with van der Waals surface area (Å²) in [6.45, 7) is 1.43. The molecule has 2 aromatic carbocycles. The minimum atomic E-state index is -0.546. The molecule has 172 valence electrons. The van der Waals surface area contributed by atoms with Crippen LogP contribution in [0.5, 0.6) is 0 Å². The number of nitrogens with zero attached hydrogens (tertiary/aromatic N) is 4. The van der Waals surface area contributed by atoms with E-state index in [-0.39, 0.29) is 23.9 Å². The molecule has 0 atom stereocenters. The number of carbonyl (C=O) groups is 2. The molecule has 0 unspecified atom stereocenters. The minimum Gasteiger partial charge on any atom is -0.346 e. The molecule has 3 heterocycles. The fraction of sp³-hybridized carbons (Fsp3) is 0.231. The van der Waals surface area contributed by atoms with Gasteiger partial charge in [0.2, 0.25) is 0 Å². The van der Waals surface area contributed by atoms with Crippen LogP contribution in [-0.2, 0) is 6.54 Å². The van der Waals surface area contributed by atoms with Gasteiger partial charge in [-0.15, -0.1) is 0 Å². The van der Waals surface area contributed by atoms with Gasteiger partial charge in [0, 0.05) is 37.2 Å². The highest BCUT2D eigenvalue weighted by Gasteiger charge is 2.25. The van der Waals surface area contributed by atoms with Crippen LogP contribution in [0.1, 0.15) is 50.7 Å². The number of benzene rings is 2. The molecule has 4 aromatic rings. The first-order valence-electron chi connectivity index (χ1n) is 11.3. The minimum absolute atomic E-state index is 0.00384. The van der Waals surface area contributed by atoms with Crippen molar-refractivity contribution < 1.29 is 14.0 Å². The molecule has 8 heteroatoms. The summed E-state index contributed by atoms with van der Waals surface area (Å²) in [6.07, 6.45) is 8.37. The van der Waals surface area contributed by atoms with E-state index in [1.165, 1.54) is 12.1 Å². The third kappa shape index (κ3) is 4.52. The Morgan fingerprint density at radius 1 is 1.06 bits per heavy atom. The lowest BCUT2D eigenvalue weighted by Crippen LogP contribution is -2.37. The van der Waals surface area contributed by atoms with Crippen LogP contribution in [0.4, 0.5) is 4.39 Å². The van der Waals surface area contributed by atoms with Gasteiger partial charge in [0.05, 0.1) is 24.0 Å². The van der Waals surface area contributed by atoms with Gasteiger partial charge in [-0.2, -0.15) is 0 Å². The van der Waals surface area contributed by atoms with Crippen molar-refractivity contribution in [2.45, 2.75) is 25.3 Å². The number of rotatable bonds is 5. The molecule has 0 spiro atoms. The number of amides is 2. The second-order valence-electron chi connectivity index (χ2n) is 8.43. The van der Waals surface area contributed by atoms with E-state index < -0.39 is 11.7 Å². The van der Waals surface area contributed by atoms with Crippen molar-refractivity contribution >= 4 is 17.5 Å². The van der Waals surface area contributed by atoms with Crippen LogP contribution in [0.2, 0.25) is 0 Å². The molecular weight excluding hydrogens is 433 g/mol. The molecule has 0 radical (unpaired) electrons. The summed E-state index contributed by atoms with van der Waals surface area (Å²) in [5, 5.41) is 2.73. The quantitative estimate of drug-likeness (QED) is 0.494. The second kappa shape index (κ2) is 9.43. The van der Waals surface area contributed by atoms with Crippen molar-refractivity contribution in [1.29, 1.82) is 0 Å². The summed E-state index contributed by atoms with van der Waals surface area (Å²) < 4.78 is 16.6. The standard InChI is InChI=1S/C26H24FN5O2/c27-23-14-20(18-8-11-31(12-9-18)26(34)19-4-2-1-3-5-19)6-7-22(23)25(33)30-15-21-17-32-13-10-28-24(32)16-29-21/h1-7,10,13-14,16-18H,8-9,11-12,15H2,(H,30,33). The maximum absolute atomic E-state index is 14.8. The first-order chi connectivity index (χ1) is 16.6. The summed E-state index contributed by atoms with van der Waals surface area (Å²) in [4.78, 5) is 35.4. The Kier molecular flexibility index (Phi) is 6.03. The maximum Gasteiger partial charge on any atom is 0.254 e. The van der Waals surface area contributed by atoms with Gasteiger partial charge in [-0.1, -0.05) is 24.3 Å². The topological polar surface area (TPSA) is 79.6 Å². The van der Waals surface area contributed by atoms with Crippen molar-refractivity contribution in [3.05, 3.63) is 102 Å². The fourth-order valence-electron chi connectivity index (χ4n) is 4.37. The predicted molar refractivity (Wildman–Crippen MR) is 125 cm³/mol. The summed E-state index contributed by atoms with van der Waals surface area (Å²) in [5.41, 5.74) is 2.90. The van der Waals surface area contributed by atoms with E-state index in [0.717, 1.165) is 18.4 Å². The zero-order chi connectivity index (χ0) is 23.5. The lowest BCUT2D eigenvalue weighted by Gasteiger charge is -2.32. The number of hydrogen-bond acceptors (Lipinski definition) is 4. The number of aromatic nitrogens is 3. The molecule has 2 amide bonds. The molecule has 1 aliphatic heterocycles. The Morgan fingerprint density at radius 2 is 1.85 bits per heavy atom. The Hall–Kier alpha value is -4.07. The van der Waals surface area contributed by atoms with Crippen LogP contribution in [0, 0.1) is 5.82 Å². The van der Waals surface area contributed by atoms with E-state index in [9.17, 15) is 14.0 Å². The van der Waals surface area contributed by atoms with Crippen molar-refractivity contribution in [2.75, 3.05) is 13.1 Å². The van der Waals surface area contributed by atoms with E-state index in [0.29, 0.717) is 30.0 Å². The third-order valence-corrected chi connectivity index (χ3v) is 6.27. The largest absolute Gasteiger partial charge is 0.346 e. The lowest BCUT2D eigenvalue weighted by molar-refractivity contribution is 0.0712. The molecule has 1 saturated heterocycles. The molecule has 5 rings (SSSR count). The van der Waals surface area contributed by atoms with Crippen LogP contribution in [0.25, 0.3) is 5.65 Å². The van der Waals surface area contributed by atoms with Crippen molar-refractivity contribution in [3.63, 3.8) is 0 Å². The molecule has 1 N–H and O–H groups in total. The summed E-state index contributed by atoms with van der Waals surface area (Å²) >= 11 is 0. The Labute approximate surface area is 196 Å². The molecule has 7 nitrogen and oxygen atoms in total. The SMILES string of the molecule is O=C(NCc1cn2ccnc2cn1)c1ccc(C2CCN(C(=O)c3ccccc3)CC2)cc1F. The Bertz CT molecular complexity index is 1330. The molecule has 2 aromatic heterocycles. The number of fused-ring (bicyclic) bond motifs is 1. The monoisotopic (exact) mass is 457 g/mol. The molecule has 1 fully saturated rings. The van der Waals surface area contributed by atoms with E-state index in [2.05, 4.69) is 15.3 Å². The van der Waals surface area contributed by atoms with Crippen molar-refractivity contribution in [2.24, 2.45) is 0 Å². The van der Waals surface area contributed by atoms with Gasteiger partial charge in [-0.05, 0) is 48.6 Å². The number of imidazole rings is 1. The lowest BCUT2D eigenvalue weighted by atomic mass is 9.88. The van der Waals surface area contributed by atoms with Gasteiger partial charge in [0.15, 0.2) is 5.65 Å². The van der Waals surface area contributed by atoms with Crippen LogP contribution in [0.15, 0.2) is 73.3 Å². The van der Waals surface area contributed by atoms with E-state index in [1.807, 2.05) is 45.7 Å². The first kappa shape index (κ1) is 21.8. The van der Waals surface area contributed by atoms with E-state index in [4.69, 9.17) is 0 Å². The van der Waals surface area contributed by atoms with Crippen molar-refractivity contribution in [1.82, 2.24) is 24.6 Å². The third-order valence-electron chi connectivity index (χ3n) is 6.27. The molecule has 34 heavy (non-hydrogen) atoms. The number of piperidine rings is 1. The molecule has 1 aliphatic rings. The van der Waals surface area contributed by atoms with Gasteiger partial charge in [-0.3, -0.25) is 14.6 Å². The van der Waals surface area contributed by atoms with E-state index in [1.54, 1.807) is 24.8 Å². The second-order valence-corrected chi connectivity index (χ2v) is 8.43. The average molecular weight is 458 g/mol. The average Bonchev–Trinajstić information content (AvgIpc) is 3.35. The highest BCUT2D eigenvalue weighted by molar-refractivity contribution is 5.95. The number of carbonyl (C=O) groups excluding carboxylic acids is 2. The number of nitrogens with one attached hydrogen (secondary N) is 1. The van der Waals surface area contributed by atoms with Gasteiger partial charge in [0.25, 0.3) is 11.8 Å². The van der Waals surface area contributed by atoms with E-state index >= 15 is 0 Å². The Morgan fingerprint density at radius 3 is 2.62 bits per heavy atom. The maximum atomic E-state index is 14.8. The molecule has 0 bridgehead atoms.